The molecule has 4 nitrogen and oxygen atoms in total. The van der Waals surface area contributed by atoms with Crippen LogP contribution in [0.3, 0.4) is 0 Å². The van der Waals surface area contributed by atoms with Gasteiger partial charge < -0.3 is 9.72 Å². The number of pyridine rings is 1. The van der Waals surface area contributed by atoms with Gasteiger partial charge in [0.05, 0.1) is 12.2 Å². The van der Waals surface area contributed by atoms with Crippen molar-refractivity contribution in [1.82, 2.24) is 14.7 Å². The van der Waals surface area contributed by atoms with Gasteiger partial charge in [0.1, 0.15) is 5.65 Å². The number of hydrogen-bond donors (Lipinski definition) is 1. The van der Waals surface area contributed by atoms with Gasteiger partial charge >= 0.3 is 0 Å². The monoisotopic (exact) mass is 255 g/mol. The highest BCUT2D eigenvalue weighted by Gasteiger charge is 2.13. The van der Waals surface area contributed by atoms with E-state index in [1.54, 1.807) is 0 Å². The summed E-state index contributed by atoms with van der Waals surface area (Å²) < 4.78 is 1.96. The highest BCUT2D eigenvalue weighted by atomic mass is 16.1. The van der Waals surface area contributed by atoms with Gasteiger partial charge in [-0.2, -0.15) is 0 Å². The average molecular weight is 255 g/mol. The number of amides is 1. The van der Waals surface area contributed by atoms with Crippen LogP contribution >= 0.6 is 0 Å². The molecule has 2 aromatic rings. The zero-order valence-electron chi connectivity index (χ0n) is 10.7. The molecule has 1 aliphatic carbocycles. The van der Waals surface area contributed by atoms with Gasteiger partial charge in [-0.25, -0.2) is 4.98 Å². The fraction of sp³-hybridized carbons (Fsp3) is 0.333. The second-order valence-corrected chi connectivity index (χ2v) is 4.94. The van der Waals surface area contributed by atoms with Gasteiger partial charge in [-0.15, -0.1) is 0 Å². The number of carbonyl (C=O) groups is 1. The number of fused-ring (bicyclic) bond motifs is 1. The van der Waals surface area contributed by atoms with Crippen LogP contribution in [-0.2, 0) is 11.3 Å². The molecule has 3 rings (SSSR count). The van der Waals surface area contributed by atoms with Gasteiger partial charge in [0.25, 0.3) is 0 Å². The quantitative estimate of drug-likeness (QED) is 0.852. The first-order valence-electron chi connectivity index (χ1n) is 6.67. The molecule has 1 amide bonds. The van der Waals surface area contributed by atoms with Crippen LogP contribution < -0.4 is 5.32 Å². The predicted octanol–water partition coefficient (Wildman–Crippen LogP) is 2.31. The molecule has 4 heteroatoms. The highest BCUT2D eigenvalue weighted by molar-refractivity contribution is 5.76. The molecule has 19 heavy (non-hydrogen) atoms. The topological polar surface area (TPSA) is 46.4 Å². The fourth-order valence-electron chi connectivity index (χ4n) is 2.44. The summed E-state index contributed by atoms with van der Waals surface area (Å²) >= 11 is 0. The number of nitrogens with zero attached hydrogens (tertiary/aromatic N) is 2. The molecule has 0 spiro atoms. The Labute approximate surface area is 112 Å². The Morgan fingerprint density at radius 3 is 3.21 bits per heavy atom. The highest BCUT2D eigenvalue weighted by Crippen LogP contribution is 2.20. The molecule has 0 bridgehead atoms. The maximum Gasteiger partial charge on any atom is 0.220 e. The van der Waals surface area contributed by atoms with Crippen LogP contribution in [0.5, 0.6) is 0 Å². The van der Waals surface area contributed by atoms with E-state index < -0.39 is 0 Å². The molecule has 1 atom stereocenters. The molecule has 0 radical (unpaired) electrons. The Morgan fingerprint density at radius 2 is 2.42 bits per heavy atom. The van der Waals surface area contributed by atoms with Gasteiger partial charge in [-0.1, -0.05) is 18.2 Å². The molecule has 1 aliphatic rings. The molecule has 1 N–H and O–H groups in total. The van der Waals surface area contributed by atoms with Crippen LogP contribution in [-0.4, -0.2) is 15.3 Å². The van der Waals surface area contributed by atoms with E-state index in [1.807, 2.05) is 35.0 Å². The van der Waals surface area contributed by atoms with Crippen LogP contribution in [0, 0.1) is 5.92 Å². The smallest absolute Gasteiger partial charge is 0.220 e. The van der Waals surface area contributed by atoms with Crippen molar-refractivity contribution in [3.63, 3.8) is 0 Å². The van der Waals surface area contributed by atoms with E-state index in [-0.39, 0.29) is 5.91 Å². The van der Waals surface area contributed by atoms with Crippen molar-refractivity contribution < 1.29 is 4.79 Å². The summed E-state index contributed by atoms with van der Waals surface area (Å²) in [7, 11) is 0. The number of imidazole rings is 1. The second-order valence-electron chi connectivity index (χ2n) is 4.94. The summed E-state index contributed by atoms with van der Waals surface area (Å²) in [6.45, 7) is 0.497. The van der Waals surface area contributed by atoms with E-state index in [9.17, 15) is 4.79 Å². The van der Waals surface area contributed by atoms with Gasteiger partial charge in [0.15, 0.2) is 0 Å². The van der Waals surface area contributed by atoms with Crippen molar-refractivity contribution in [3.8, 4) is 0 Å². The zero-order valence-corrected chi connectivity index (χ0v) is 10.7. The first-order valence-corrected chi connectivity index (χ1v) is 6.67. The molecule has 2 aromatic heterocycles. The third-order valence-electron chi connectivity index (χ3n) is 3.44. The minimum atomic E-state index is 0.105. The van der Waals surface area contributed by atoms with E-state index in [2.05, 4.69) is 22.5 Å². The number of hydrogen-bond acceptors (Lipinski definition) is 2. The van der Waals surface area contributed by atoms with Gasteiger partial charge in [-0.3, -0.25) is 4.79 Å². The minimum absolute atomic E-state index is 0.105. The Kier molecular flexibility index (Phi) is 3.31. The van der Waals surface area contributed by atoms with Crippen LogP contribution in [0.4, 0.5) is 0 Å². The third kappa shape index (κ3) is 2.84. The molecule has 0 saturated carbocycles. The molecule has 2 heterocycles. The van der Waals surface area contributed by atoms with Crippen LogP contribution in [0.25, 0.3) is 5.65 Å². The third-order valence-corrected chi connectivity index (χ3v) is 3.44. The van der Waals surface area contributed by atoms with Crippen molar-refractivity contribution in [3.05, 3.63) is 48.4 Å². The first kappa shape index (κ1) is 12.0. The Bertz CT molecular complexity index is 582. The number of allylic oxidation sites excluding steroid dienone is 2. The number of rotatable bonds is 4. The van der Waals surface area contributed by atoms with Crippen molar-refractivity contribution in [1.29, 1.82) is 0 Å². The van der Waals surface area contributed by atoms with Crippen molar-refractivity contribution in [2.75, 3.05) is 0 Å². The second kappa shape index (κ2) is 5.26. The van der Waals surface area contributed by atoms with Crippen LogP contribution in [0.15, 0.2) is 42.7 Å². The predicted molar refractivity (Wildman–Crippen MR) is 73.5 cm³/mol. The summed E-state index contributed by atoms with van der Waals surface area (Å²) in [6.07, 6.45) is 11.0. The number of aromatic nitrogens is 2. The van der Waals surface area contributed by atoms with E-state index in [0.29, 0.717) is 18.9 Å². The molecule has 98 valence electrons. The van der Waals surface area contributed by atoms with Crippen LogP contribution in [0.1, 0.15) is 25.0 Å². The fourth-order valence-corrected chi connectivity index (χ4v) is 2.44. The van der Waals surface area contributed by atoms with Gasteiger partial charge in [-0.05, 0) is 30.9 Å². The molecule has 0 aliphatic heterocycles. The number of carbonyl (C=O) groups excluding carboxylic acids is 1. The average Bonchev–Trinajstić information content (AvgIpc) is 3.04. The SMILES string of the molecule is O=C(C[C@@H]1C=CCC1)NCc1cn2ccccc2n1. The first-order chi connectivity index (χ1) is 9.31. The van der Waals surface area contributed by atoms with Gasteiger partial charge in [0.2, 0.25) is 5.91 Å². The number of nitrogens with one attached hydrogen (secondary N) is 1. The molecule has 0 aromatic carbocycles. The maximum atomic E-state index is 11.8. The molecule has 0 fully saturated rings. The zero-order chi connectivity index (χ0) is 13.1. The standard InChI is InChI=1S/C15H17N3O/c19-15(9-12-5-1-2-6-12)16-10-13-11-18-8-4-3-7-14(18)17-13/h1,3-5,7-8,11-12H,2,6,9-10H2,(H,16,19)/t12-/m1/s1. The van der Waals surface area contributed by atoms with E-state index in [0.717, 1.165) is 24.2 Å². The molecule has 0 unspecified atom stereocenters. The van der Waals surface area contributed by atoms with Crippen molar-refractivity contribution >= 4 is 11.6 Å². The lowest BCUT2D eigenvalue weighted by atomic mass is 10.1. The lowest BCUT2D eigenvalue weighted by Gasteiger charge is -2.07. The summed E-state index contributed by atoms with van der Waals surface area (Å²) in [5.74, 6) is 0.523. The van der Waals surface area contributed by atoms with Crippen LogP contribution in [0.2, 0.25) is 0 Å². The van der Waals surface area contributed by atoms with E-state index >= 15 is 0 Å². The summed E-state index contributed by atoms with van der Waals surface area (Å²) in [6, 6.07) is 5.87. The minimum Gasteiger partial charge on any atom is -0.350 e. The molecule has 0 saturated heterocycles. The summed E-state index contributed by atoms with van der Waals surface area (Å²) in [5, 5.41) is 2.94. The lowest BCUT2D eigenvalue weighted by Crippen LogP contribution is -2.24. The summed E-state index contributed by atoms with van der Waals surface area (Å²) in [4.78, 5) is 16.3. The van der Waals surface area contributed by atoms with E-state index in [1.165, 1.54) is 0 Å². The Balaban J connectivity index is 1.56. The van der Waals surface area contributed by atoms with Crippen molar-refractivity contribution in [2.24, 2.45) is 5.92 Å². The maximum absolute atomic E-state index is 11.8. The molecular formula is C15H17N3O. The van der Waals surface area contributed by atoms with Crippen molar-refractivity contribution in [2.45, 2.75) is 25.8 Å². The van der Waals surface area contributed by atoms with Gasteiger partial charge in [0, 0.05) is 18.8 Å². The largest absolute Gasteiger partial charge is 0.350 e. The summed E-state index contributed by atoms with van der Waals surface area (Å²) in [5.41, 5.74) is 1.80. The Morgan fingerprint density at radius 1 is 1.47 bits per heavy atom. The van der Waals surface area contributed by atoms with E-state index in [4.69, 9.17) is 0 Å². The Hall–Kier alpha value is -2.10. The normalized spacial score (nSPS) is 18.0. The lowest BCUT2D eigenvalue weighted by molar-refractivity contribution is -0.121. The molecular weight excluding hydrogens is 238 g/mol.